The molecule has 1 heterocycles. The monoisotopic (exact) mass is 394 g/mol. The number of fused-ring (bicyclic) bond motifs is 2. The lowest BCUT2D eigenvalue weighted by Crippen LogP contribution is -2.38. The van der Waals surface area contributed by atoms with Crippen molar-refractivity contribution in [1.29, 1.82) is 0 Å². The van der Waals surface area contributed by atoms with E-state index in [2.05, 4.69) is 35.4 Å². The van der Waals surface area contributed by atoms with Gasteiger partial charge in [-0.15, -0.1) is 0 Å². The van der Waals surface area contributed by atoms with Crippen LogP contribution in [0.2, 0.25) is 0 Å². The van der Waals surface area contributed by atoms with Gasteiger partial charge in [0.1, 0.15) is 0 Å². The minimum Gasteiger partial charge on any atom is -0.338 e. The Bertz CT molecular complexity index is 877. The molecule has 0 bridgehead atoms. The highest BCUT2D eigenvalue weighted by molar-refractivity contribution is 6.04. The van der Waals surface area contributed by atoms with Crippen molar-refractivity contribution >= 4 is 29.0 Å². The minimum absolute atomic E-state index is 0.0412. The number of rotatable bonds is 6. The number of urea groups is 1. The fourth-order valence-corrected chi connectivity index (χ4v) is 3.71. The first-order valence-corrected chi connectivity index (χ1v) is 10.4. The first-order valence-electron chi connectivity index (χ1n) is 10.4. The normalized spacial score (nSPS) is 12.8. The molecule has 1 aliphatic rings. The maximum absolute atomic E-state index is 13.4. The van der Waals surface area contributed by atoms with Gasteiger partial charge in [0.2, 0.25) is 5.91 Å². The van der Waals surface area contributed by atoms with Crippen molar-refractivity contribution in [1.82, 2.24) is 10.2 Å². The summed E-state index contributed by atoms with van der Waals surface area (Å²) in [6.07, 6.45) is 1.73. The Hall–Kier alpha value is -2.86. The number of hydrogen-bond acceptors (Lipinski definition) is 3. The van der Waals surface area contributed by atoms with Crippen LogP contribution in [0.4, 0.5) is 21.9 Å². The second-order valence-corrected chi connectivity index (χ2v) is 7.15. The highest BCUT2D eigenvalue weighted by Crippen LogP contribution is 2.37. The van der Waals surface area contributed by atoms with Gasteiger partial charge in [0, 0.05) is 12.2 Å². The van der Waals surface area contributed by atoms with Crippen molar-refractivity contribution in [3.8, 4) is 0 Å². The van der Waals surface area contributed by atoms with Crippen molar-refractivity contribution in [3.63, 3.8) is 0 Å². The van der Waals surface area contributed by atoms with E-state index in [0.717, 1.165) is 48.4 Å². The molecule has 0 atom stereocenters. The van der Waals surface area contributed by atoms with Crippen molar-refractivity contribution in [2.24, 2.45) is 0 Å². The minimum atomic E-state index is -0.248. The molecule has 6 heteroatoms. The van der Waals surface area contributed by atoms with Gasteiger partial charge in [-0.2, -0.15) is 0 Å². The van der Waals surface area contributed by atoms with Crippen LogP contribution in [0.1, 0.15) is 31.9 Å². The van der Waals surface area contributed by atoms with E-state index in [-0.39, 0.29) is 11.9 Å². The van der Waals surface area contributed by atoms with Gasteiger partial charge < -0.3 is 10.6 Å². The molecule has 3 rings (SSSR count). The summed E-state index contributed by atoms with van der Waals surface area (Å²) < 4.78 is 0. The second kappa shape index (κ2) is 9.56. The van der Waals surface area contributed by atoms with Crippen molar-refractivity contribution in [2.45, 2.75) is 33.6 Å². The summed E-state index contributed by atoms with van der Waals surface area (Å²) in [4.78, 5) is 29.4. The van der Waals surface area contributed by atoms with Crippen LogP contribution in [-0.2, 0) is 17.6 Å². The SMILES string of the molecule is CCNC(=O)Nc1ccc2c(c1)N(C(=O)CN(CC)CC)c1ccccc1CC2. The molecule has 0 aromatic heterocycles. The molecule has 0 aliphatic carbocycles. The van der Waals surface area contributed by atoms with E-state index in [0.29, 0.717) is 18.8 Å². The molecular formula is C23H30N4O2. The van der Waals surface area contributed by atoms with E-state index >= 15 is 0 Å². The average Bonchev–Trinajstić information content (AvgIpc) is 2.88. The number of aryl methyl sites for hydroxylation is 2. The van der Waals surface area contributed by atoms with Crippen molar-refractivity contribution < 1.29 is 9.59 Å². The van der Waals surface area contributed by atoms with E-state index in [4.69, 9.17) is 0 Å². The lowest BCUT2D eigenvalue weighted by atomic mass is 10.0. The molecule has 0 saturated carbocycles. The summed E-state index contributed by atoms with van der Waals surface area (Å²) in [7, 11) is 0. The number of benzene rings is 2. The summed E-state index contributed by atoms with van der Waals surface area (Å²) in [5.41, 5.74) is 4.72. The van der Waals surface area contributed by atoms with Crippen LogP contribution in [0.25, 0.3) is 0 Å². The first-order chi connectivity index (χ1) is 14.1. The van der Waals surface area contributed by atoms with Gasteiger partial charge in [-0.3, -0.25) is 14.6 Å². The fourth-order valence-electron chi connectivity index (χ4n) is 3.71. The molecule has 29 heavy (non-hydrogen) atoms. The third-order valence-electron chi connectivity index (χ3n) is 5.32. The zero-order chi connectivity index (χ0) is 20.8. The number of carbonyl (C=O) groups excluding carboxylic acids is 2. The Labute approximate surface area is 172 Å². The molecule has 2 aromatic carbocycles. The second-order valence-electron chi connectivity index (χ2n) is 7.15. The first kappa shape index (κ1) is 20.9. The number of hydrogen-bond donors (Lipinski definition) is 2. The number of likely N-dealkylation sites (N-methyl/N-ethyl adjacent to an activating group) is 1. The topological polar surface area (TPSA) is 64.7 Å². The van der Waals surface area contributed by atoms with Gasteiger partial charge in [-0.25, -0.2) is 4.79 Å². The predicted octanol–water partition coefficient (Wildman–Crippen LogP) is 3.93. The summed E-state index contributed by atoms with van der Waals surface area (Å²) >= 11 is 0. The summed E-state index contributed by atoms with van der Waals surface area (Å²) in [6, 6.07) is 13.7. The van der Waals surface area contributed by atoms with Crippen LogP contribution in [0.15, 0.2) is 42.5 Å². The molecule has 0 fully saturated rings. The molecule has 0 saturated heterocycles. The molecule has 0 radical (unpaired) electrons. The molecule has 3 amide bonds. The number of carbonyl (C=O) groups is 2. The quantitative estimate of drug-likeness (QED) is 0.780. The third kappa shape index (κ3) is 4.77. The molecule has 2 aromatic rings. The zero-order valence-corrected chi connectivity index (χ0v) is 17.5. The van der Waals surface area contributed by atoms with Crippen LogP contribution in [0.5, 0.6) is 0 Å². The standard InChI is InChI=1S/C23H30N4O2/c1-4-24-23(29)25-19-14-13-18-12-11-17-9-7-8-10-20(17)27(21(18)15-19)22(28)16-26(5-2)6-3/h7-10,13-15H,4-6,11-12,16H2,1-3H3,(H2,24,25,29). The van der Waals surface area contributed by atoms with E-state index in [1.807, 2.05) is 48.2 Å². The molecule has 6 nitrogen and oxygen atoms in total. The Morgan fingerprint density at radius 1 is 0.966 bits per heavy atom. The lowest BCUT2D eigenvalue weighted by Gasteiger charge is -2.28. The van der Waals surface area contributed by atoms with Gasteiger partial charge in [-0.05, 0) is 62.2 Å². The number of nitrogens with one attached hydrogen (secondary N) is 2. The molecule has 0 unspecified atom stereocenters. The fraction of sp³-hybridized carbons (Fsp3) is 0.391. The molecule has 0 spiro atoms. The van der Waals surface area contributed by atoms with Crippen molar-refractivity contribution in [3.05, 3.63) is 53.6 Å². The Balaban J connectivity index is 2.03. The predicted molar refractivity (Wildman–Crippen MR) is 118 cm³/mol. The van der Waals surface area contributed by atoms with Crippen LogP contribution < -0.4 is 15.5 Å². The highest BCUT2D eigenvalue weighted by Gasteiger charge is 2.27. The molecular weight excluding hydrogens is 364 g/mol. The Morgan fingerprint density at radius 3 is 2.34 bits per heavy atom. The average molecular weight is 395 g/mol. The van der Waals surface area contributed by atoms with Gasteiger partial charge >= 0.3 is 6.03 Å². The molecule has 1 aliphatic heterocycles. The Morgan fingerprint density at radius 2 is 1.66 bits per heavy atom. The van der Waals surface area contributed by atoms with Crippen LogP contribution in [0.3, 0.4) is 0 Å². The van der Waals surface area contributed by atoms with Crippen LogP contribution >= 0.6 is 0 Å². The number of para-hydroxylation sites is 1. The maximum Gasteiger partial charge on any atom is 0.319 e. The van der Waals surface area contributed by atoms with Gasteiger partial charge in [-0.1, -0.05) is 38.1 Å². The van der Waals surface area contributed by atoms with Crippen LogP contribution in [0, 0.1) is 0 Å². The summed E-state index contributed by atoms with van der Waals surface area (Å²) in [5, 5.41) is 5.60. The van der Waals surface area contributed by atoms with E-state index in [1.54, 1.807) is 0 Å². The summed E-state index contributed by atoms with van der Waals surface area (Å²) in [5.74, 6) is 0.0412. The van der Waals surface area contributed by atoms with Crippen molar-refractivity contribution in [2.75, 3.05) is 36.4 Å². The van der Waals surface area contributed by atoms with E-state index < -0.39 is 0 Å². The smallest absolute Gasteiger partial charge is 0.319 e. The largest absolute Gasteiger partial charge is 0.338 e. The number of anilines is 3. The van der Waals surface area contributed by atoms with Gasteiger partial charge in [0.15, 0.2) is 0 Å². The van der Waals surface area contributed by atoms with E-state index in [9.17, 15) is 9.59 Å². The molecule has 154 valence electrons. The summed E-state index contributed by atoms with van der Waals surface area (Å²) in [6.45, 7) is 8.56. The third-order valence-corrected chi connectivity index (χ3v) is 5.32. The molecule has 2 N–H and O–H groups in total. The number of nitrogens with zero attached hydrogens (tertiary/aromatic N) is 2. The number of amides is 3. The maximum atomic E-state index is 13.4. The van der Waals surface area contributed by atoms with Gasteiger partial charge in [0.25, 0.3) is 0 Å². The van der Waals surface area contributed by atoms with Gasteiger partial charge in [0.05, 0.1) is 17.9 Å². The van der Waals surface area contributed by atoms with Crippen LogP contribution in [-0.4, -0.2) is 43.0 Å². The zero-order valence-electron chi connectivity index (χ0n) is 17.5. The van der Waals surface area contributed by atoms with E-state index in [1.165, 1.54) is 0 Å². The Kier molecular flexibility index (Phi) is 6.88. The highest BCUT2D eigenvalue weighted by atomic mass is 16.2. The lowest BCUT2D eigenvalue weighted by molar-refractivity contribution is -0.119.